The van der Waals surface area contributed by atoms with E-state index in [0.29, 0.717) is 18.0 Å². The van der Waals surface area contributed by atoms with Crippen molar-refractivity contribution in [3.05, 3.63) is 35.6 Å². The van der Waals surface area contributed by atoms with E-state index in [9.17, 15) is 4.79 Å². The molecule has 0 spiro atoms. The van der Waals surface area contributed by atoms with Crippen molar-refractivity contribution in [2.75, 3.05) is 0 Å². The van der Waals surface area contributed by atoms with Crippen molar-refractivity contribution >= 4 is 17.4 Å². The van der Waals surface area contributed by atoms with Crippen LogP contribution in [-0.4, -0.2) is 10.4 Å². The lowest BCUT2D eigenvalue weighted by molar-refractivity contribution is 0.0981. The number of carbonyl (C=O) groups is 1. The first kappa shape index (κ1) is 11.1. The lowest BCUT2D eigenvalue weighted by atomic mass is 10.1. The highest BCUT2D eigenvalue weighted by molar-refractivity contribution is 6.29. The number of ketones is 1. The van der Waals surface area contributed by atoms with Gasteiger partial charge in [0.05, 0.1) is 6.54 Å². The second kappa shape index (κ2) is 5.01. The van der Waals surface area contributed by atoms with Gasteiger partial charge in [0.2, 0.25) is 0 Å². The van der Waals surface area contributed by atoms with Crippen LogP contribution in [-0.2, 0) is 6.54 Å². The zero-order valence-corrected chi connectivity index (χ0v) is 9.05. The Labute approximate surface area is 89.2 Å². The van der Waals surface area contributed by atoms with Crippen LogP contribution in [0.4, 0.5) is 0 Å². The summed E-state index contributed by atoms with van der Waals surface area (Å²) >= 11 is 5.66. The van der Waals surface area contributed by atoms with Gasteiger partial charge in [0.25, 0.3) is 0 Å². The molecule has 1 aromatic rings. The fraction of sp³-hybridized carbons (Fsp3) is 0.364. The monoisotopic (exact) mass is 211 g/mol. The predicted molar refractivity (Wildman–Crippen MR) is 58.7 cm³/mol. The molecule has 0 aliphatic heterocycles. The Bertz CT molecular complexity index is 341. The number of hydrogen-bond donors (Lipinski definition) is 0. The zero-order valence-electron chi connectivity index (χ0n) is 8.29. The number of rotatable bonds is 5. The summed E-state index contributed by atoms with van der Waals surface area (Å²) in [5.41, 5.74) is 0.754. The summed E-state index contributed by atoms with van der Waals surface area (Å²) in [4.78, 5) is 11.5. The van der Waals surface area contributed by atoms with Crippen LogP contribution in [0.5, 0.6) is 0 Å². The van der Waals surface area contributed by atoms with Crippen LogP contribution in [0.2, 0.25) is 0 Å². The Morgan fingerprint density at radius 2 is 2.36 bits per heavy atom. The maximum absolute atomic E-state index is 11.5. The second-order valence-corrected chi connectivity index (χ2v) is 3.80. The standard InChI is InChI=1S/C11H14ClNO/c1-3-4-11(14)10-5-6-13(8-10)7-9(2)12/h5-6,8H,2-4,7H2,1H3. The third-order valence-electron chi connectivity index (χ3n) is 1.90. The van der Waals surface area contributed by atoms with Crippen LogP contribution in [0, 0.1) is 0 Å². The van der Waals surface area contributed by atoms with E-state index < -0.39 is 0 Å². The highest BCUT2D eigenvalue weighted by Gasteiger charge is 2.05. The molecule has 0 fully saturated rings. The van der Waals surface area contributed by atoms with Crippen LogP contribution in [0.3, 0.4) is 0 Å². The van der Waals surface area contributed by atoms with Gasteiger partial charge >= 0.3 is 0 Å². The molecular formula is C11H14ClNO. The van der Waals surface area contributed by atoms with E-state index in [0.717, 1.165) is 12.0 Å². The highest BCUT2D eigenvalue weighted by atomic mass is 35.5. The third-order valence-corrected chi connectivity index (χ3v) is 2.02. The van der Waals surface area contributed by atoms with Crippen LogP contribution in [0.15, 0.2) is 30.1 Å². The van der Waals surface area contributed by atoms with Crippen molar-refractivity contribution in [1.82, 2.24) is 4.57 Å². The molecule has 0 bridgehead atoms. The van der Waals surface area contributed by atoms with Crippen molar-refractivity contribution in [2.24, 2.45) is 0 Å². The minimum Gasteiger partial charge on any atom is -0.348 e. The molecule has 14 heavy (non-hydrogen) atoms. The molecule has 0 N–H and O–H groups in total. The summed E-state index contributed by atoms with van der Waals surface area (Å²) < 4.78 is 1.86. The van der Waals surface area contributed by atoms with Crippen molar-refractivity contribution in [3.63, 3.8) is 0 Å². The normalized spacial score (nSPS) is 10.1. The Morgan fingerprint density at radius 1 is 1.64 bits per heavy atom. The number of halogens is 1. The van der Waals surface area contributed by atoms with Crippen molar-refractivity contribution in [3.8, 4) is 0 Å². The van der Waals surface area contributed by atoms with E-state index in [1.54, 1.807) is 0 Å². The van der Waals surface area contributed by atoms with Crippen molar-refractivity contribution in [1.29, 1.82) is 0 Å². The van der Waals surface area contributed by atoms with Crippen molar-refractivity contribution in [2.45, 2.75) is 26.3 Å². The maximum Gasteiger partial charge on any atom is 0.164 e. The molecule has 0 aromatic carbocycles. The van der Waals surface area contributed by atoms with Gasteiger partial charge in [0, 0.05) is 29.4 Å². The summed E-state index contributed by atoms with van der Waals surface area (Å²) in [7, 11) is 0. The van der Waals surface area contributed by atoms with Gasteiger partial charge in [-0.2, -0.15) is 0 Å². The smallest absolute Gasteiger partial charge is 0.164 e. The lowest BCUT2D eigenvalue weighted by Gasteiger charge is -1.98. The minimum atomic E-state index is 0.187. The van der Waals surface area contributed by atoms with E-state index >= 15 is 0 Å². The summed E-state index contributed by atoms with van der Waals surface area (Å²) in [6.07, 6.45) is 5.14. The first-order valence-corrected chi connectivity index (χ1v) is 5.03. The van der Waals surface area contributed by atoms with Gasteiger partial charge in [-0.1, -0.05) is 25.1 Å². The van der Waals surface area contributed by atoms with Crippen LogP contribution < -0.4 is 0 Å². The van der Waals surface area contributed by atoms with E-state index in [1.807, 2.05) is 30.0 Å². The average molecular weight is 212 g/mol. The van der Waals surface area contributed by atoms with E-state index in [2.05, 4.69) is 6.58 Å². The van der Waals surface area contributed by atoms with E-state index in [-0.39, 0.29) is 5.78 Å². The summed E-state index contributed by atoms with van der Waals surface area (Å²) in [5.74, 6) is 0.187. The zero-order chi connectivity index (χ0) is 10.6. The lowest BCUT2D eigenvalue weighted by Crippen LogP contribution is -1.97. The quantitative estimate of drug-likeness (QED) is 0.686. The molecular weight excluding hydrogens is 198 g/mol. The summed E-state index contributed by atoms with van der Waals surface area (Å²) in [6.45, 7) is 6.15. The summed E-state index contributed by atoms with van der Waals surface area (Å²) in [6, 6.07) is 1.82. The molecule has 0 aliphatic carbocycles. The van der Waals surface area contributed by atoms with Gasteiger partial charge in [-0.25, -0.2) is 0 Å². The molecule has 0 atom stereocenters. The Hall–Kier alpha value is -1.02. The van der Waals surface area contributed by atoms with Gasteiger partial charge in [0.1, 0.15) is 0 Å². The largest absolute Gasteiger partial charge is 0.348 e. The molecule has 0 saturated carbocycles. The van der Waals surface area contributed by atoms with Gasteiger partial charge in [-0.3, -0.25) is 4.79 Å². The van der Waals surface area contributed by atoms with Crippen LogP contribution in [0.25, 0.3) is 0 Å². The molecule has 3 heteroatoms. The van der Waals surface area contributed by atoms with Gasteiger partial charge in [0.15, 0.2) is 5.78 Å². The van der Waals surface area contributed by atoms with E-state index in [1.165, 1.54) is 0 Å². The Balaban J connectivity index is 2.67. The number of hydrogen-bond acceptors (Lipinski definition) is 1. The van der Waals surface area contributed by atoms with Gasteiger partial charge in [-0.05, 0) is 12.5 Å². The topological polar surface area (TPSA) is 22.0 Å². The number of nitrogens with zero attached hydrogens (tertiary/aromatic N) is 1. The van der Waals surface area contributed by atoms with Gasteiger partial charge in [-0.15, -0.1) is 0 Å². The van der Waals surface area contributed by atoms with Crippen LogP contribution >= 0.6 is 11.6 Å². The average Bonchev–Trinajstić information content (AvgIpc) is 2.52. The highest BCUT2D eigenvalue weighted by Crippen LogP contribution is 2.09. The number of aromatic nitrogens is 1. The van der Waals surface area contributed by atoms with Crippen molar-refractivity contribution < 1.29 is 4.79 Å². The first-order valence-electron chi connectivity index (χ1n) is 4.65. The third kappa shape index (κ3) is 3.04. The molecule has 0 amide bonds. The molecule has 0 saturated heterocycles. The number of carbonyl (C=O) groups excluding carboxylic acids is 1. The fourth-order valence-electron chi connectivity index (χ4n) is 1.27. The molecule has 76 valence electrons. The SMILES string of the molecule is C=C(Cl)Cn1ccc(C(=O)CCC)c1. The summed E-state index contributed by atoms with van der Waals surface area (Å²) in [5, 5.41) is 0.565. The maximum atomic E-state index is 11.5. The van der Waals surface area contributed by atoms with E-state index in [4.69, 9.17) is 11.6 Å². The van der Waals surface area contributed by atoms with Gasteiger partial charge < -0.3 is 4.57 Å². The number of allylic oxidation sites excluding steroid dienone is 1. The first-order chi connectivity index (χ1) is 6.63. The fourth-order valence-corrected chi connectivity index (χ4v) is 1.41. The molecule has 0 radical (unpaired) electrons. The molecule has 1 heterocycles. The van der Waals surface area contributed by atoms with Crippen LogP contribution in [0.1, 0.15) is 30.1 Å². The molecule has 1 rings (SSSR count). The Morgan fingerprint density at radius 3 is 2.93 bits per heavy atom. The molecule has 1 aromatic heterocycles. The predicted octanol–water partition coefficient (Wildman–Crippen LogP) is 3.22. The molecule has 2 nitrogen and oxygen atoms in total. The second-order valence-electron chi connectivity index (χ2n) is 3.26. The minimum absolute atomic E-state index is 0.187. The number of Topliss-reactive ketones (excluding diaryl/α,β-unsaturated/α-hetero) is 1. The Kier molecular flexibility index (Phi) is 3.96. The molecule has 0 unspecified atom stereocenters. The molecule has 0 aliphatic rings.